The van der Waals surface area contributed by atoms with E-state index in [0.29, 0.717) is 19.3 Å². The van der Waals surface area contributed by atoms with Gasteiger partial charge in [0.15, 0.2) is 0 Å². The Morgan fingerprint density at radius 2 is 2.13 bits per heavy atom. The average Bonchev–Trinajstić information content (AvgIpc) is 2.14. The predicted molar refractivity (Wildman–Crippen MR) is 62.2 cm³/mol. The van der Waals surface area contributed by atoms with Crippen LogP contribution in [0.25, 0.3) is 0 Å². The SMILES string of the molecule is C=CC[C@@H](C)[C@H](C[C@H](C)CCO)S(=O)[O-]. The molecule has 0 aromatic carbocycles. The Morgan fingerprint density at radius 3 is 2.53 bits per heavy atom. The molecule has 0 amide bonds. The summed E-state index contributed by atoms with van der Waals surface area (Å²) in [5.41, 5.74) is 0. The van der Waals surface area contributed by atoms with Crippen LogP contribution in [0.5, 0.6) is 0 Å². The van der Waals surface area contributed by atoms with Crippen LogP contribution in [0.15, 0.2) is 12.7 Å². The maximum absolute atomic E-state index is 11.1. The summed E-state index contributed by atoms with van der Waals surface area (Å²) in [6, 6.07) is 0. The van der Waals surface area contributed by atoms with Crippen molar-refractivity contribution in [3.05, 3.63) is 12.7 Å². The Labute approximate surface area is 94.9 Å². The third kappa shape index (κ3) is 6.07. The van der Waals surface area contributed by atoms with Crippen molar-refractivity contribution in [1.29, 1.82) is 0 Å². The van der Waals surface area contributed by atoms with E-state index in [4.69, 9.17) is 5.11 Å². The van der Waals surface area contributed by atoms with Crippen LogP contribution in [0, 0.1) is 11.8 Å². The van der Waals surface area contributed by atoms with Gasteiger partial charge in [0.2, 0.25) is 0 Å². The maximum atomic E-state index is 11.1. The highest BCUT2D eigenvalue weighted by Crippen LogP contribution is 2.22. The molecule has 0 fully saturated rings. The summed E-state index contributed by atoms with van der Waals surface area (Å²) < 4.78 is 22.1. The molecule has 0 aromatic heterocycles. The minimum absolute atomic E-state index is 0.0991. The normalized spacial score (nSPS) is 19.2. The fraction of sp³-hybridized carbons (Fsp3) is 0.818. The number of hydrogen-bond donors (Lipinski definition) is 1. The van der Waals surface area contributed by atoms with Crippen molar-refractivity contribution < 1.29 is 13.9 Å². The number of allylic oxidation sites excluding steroid dienone is 1. The van der Waals surface area contributed by atoms with Gasteiger partial charge in [-0.1, -0.05) is 31.0 Å². The zero-order valence-electron chi connectivity index (χ0n) is 9.52. The van der Waals surface area contributed by atoms with Gasteiger partial charge in [0.05, 0.1) is 0 Å². The van der Waals surface area contributed by atoms with E-state index in [-0.39, 0.29) is 23.7 Å². The highest BCUT2D eigenvalue weighted by molar-refractivity contribution is 7.79. The first kappa shape index (κ1) is 14.8. The lowest BCUT2D eigenvalue weighted by Gasteiger charge is -2.27. The molecule has 3 nitrogen and oxygen atoms in total. The van der Waals surface area contributed by atoms with E-state index in [1.54, 1.807) is 6.08 Å². The molecule has 0 heterocycles. The Morgan fingerprint density at radius 1 is 1.53 bits per heavy atom. The molecule has 0 aliphatic rings. The van der Waals surface area contributed by atoms with Crippen LogP contribution in [-0.4, -0.2) is 25.7 Å². The Balaban J connectivity index is 4.26. The second-order valence-corrected chi connectivity index (χ2v) is 5.28. The van der Waals surface area contributed by atoms with E-state index in [1.807, 2.05) is 13.8 Å². The number of aliphatic hydroxyl groups excluding tert-OH is 1. The average molecular weight is 233 g/mol. The van der Waals surface area contributed by atoms with Crippen LogP contribution >= 0.6 is 0 Å². The second kappa shape index (κ2) is 8.02. The van der Waals surface area contributed by atoms with Crippen LogP contribution in [-0.2, 0) is 11.1 Å². The van der Waals surface area contributed by atoms with Crippen molar-refractivity contribution in [2.75, 3.05) is 6.61 Å². The van der Waals surface area contributed by atoms with E-state index in [2.05, 4.69) is 6.58 Å². The van der Waals surface area contributed by atoms with E-state index < -0.39 is 11.1 Å². The van der Waals surface area contributed by atoms with Gasteiger partial charge in [-0.3, -0.25) is 4.21 Å². The third-order valence-electron chi connectivity index (χ3n) is 2.68. The van der Waals surface area contributed by atoms with Crippen LogP contribution in [0.3, 0.4) is 0 Å². The predicted octanol–water partition coefficient (Wildman–Crippen LogP) is 1.85. The van der Waals surface area contributed by atoms with Gasteiger partial charge >= 0.3 is 0 Å². The van der Waals surface area contributed by atoms with Crippen LogP contribution in [0.1, 0.15) is 33.1 Å². The summed E-state index contributed by atoms with van der Waals surface area (Å²) in [5, 5.41) is 8.43. The molecule has 0 aliphatic heterocycles. The van der Waals surface area contributed by atoms with Crippen molar-refractivity contribution in [1.82, 2.24) is 0 Å². The first-order chi connectivity index (χ1) is 7.02. The lowest BCUT2D eigenvalue weighted by Crippen LogP contribution is -2.26. The van der Waals surface area contributed by atoms with Gasteiger partial charge in [0.1, 0.15) is 0 Å². The largest absolute Gasteiger partial charge is 0.772 e. The Hall–Kier alpha value is -0.190. The van der Waals surface area contributed by atoms with E-state index in [0.717, 1.165) is 0 Å². The monoisotopic (exact) mass is 233 g/mol. The molecular weight excluding hydrogens is 212 g/mol. The molecule has 4 atom stereocenters. The Kier molecular flexibility index (Phi) is 7.92. The van der Waals surface area contributed by atoms with E-state index in [9.17, 15) is 8.76 Å². The molecule has 0 saturated heterocycles. The van der Waals surface area contributed by atoms with Crippen molar-refractivity contribution in [2.24, 2.45) is 11.8 Å². The van der Waals surface area contributed by atoms with Gasteiger partial charge < -0.3 is 9.66 Å². The number of hydrogen-bond acceptors (Lipinski definition) is 3. The summed E-state index contributed by atoms with van der Waals surface area (Å²) in [6.45, 7) is 7.63. The molecule has 0 aliphatic carbocycles. The maximum Gasteiger partial charge on any atom is 0.0433 e. The summed E-state index contributed by atoms with van der Waals surface area (Å²) in [6.07, 6.45) is 3.74. The van der Waals surface area contributed by atoms with E-state index in [1.165, 1.54) is 0 Å². The first-order valence-corrected chi connectivity index (χ1v) is 6.46. The molecule has 1 N–H and O–H groups in total. The standard InChI is InChI=1S/C11H22O3S/c1-4-5-10(3)11(15(13)14)8-9(2)6-7-12/h4,9-12H,1,5-8H2,2-3H3,(H,13,14)/p-1/t9-,10-,11+/m1/s1. The van der Waals surface area contributed by atoms with Crippen molar-refractivity contribution in [2.45, 2.75) is 38.4 Å². The lowest BCUT2D eigenvalue weighted by molar-refractivity contribution is 0.253. The molecule has 0 bridgehead atoms. The summed E-state index contributed by atoms with van der Waals surface area (Å²) in [4.78, 5) is 0. The molecule has 0 aromatic rings. The van der Waals surface area contributed by atoms with Gasteiger partial charge in [-0.05, 0) is 31.1 Å². The van der Waals surface area contributed by atoms with Crippen molar-refractivity contribution >= 4 is 11.1 Å². The highest BCUT2D eigenvalue weighted by atomic mass is 32.2. The zero-order valence-corrected chi connectivity index (χ0v) is 10.3. The minimum atomic E-state index is -2.04. The third-order valence-corrected chi connectivity index (χ3v) is 3.83. The zero-order chi connectivity index (χ0) is 11.8. The van der Waals surface area contributed by atoms with Crippen LogP contribution in [0.2, 0.25) is 0 Å². The lowest BCUT2D eigenvalue weighted by atomic mass is 9.93. The Bertz CT molecular complexity index is 206. The first-order valence-electron chi connectivity index (χ1n) is 5.32. The summed E-state index contributed by atoms with van der Waals surface area (Å²) in [7, 11) is 0. The number of aliphatic hydroxyl groups is 1. The van der Waals surface area contributed by atoms with Gasteiger partial charge in [0, 0.05) is 11.9 Å². The smallest absolute Gasteiger partial charge is 0.0433 e. The van der Waals surface area contributed by atoms with Gasteiger partial charge in [0.25, 0.3) is 0 Å². The topological polar surface area (TPSA) is 60.4 Å². The van der Waals surface area contributed by atoms with Gasteiger partial charge in [-0.2, -0.15) is 0 Å². The fourth-order valence-corrected chi connectivity index (χ4v) is 2.63. The van der Waals surface area contributed by atoms with E-state index >= 15 is 0 Å². The minimum Gasteiger partial charge on any atom is -0.772 e. The fourth-order valence-electron chi connectivity index (χ4n) is 1.65. The summed E-state index contributed by atoms with van der Waals surface area (Å²) >= 11 is -2.04. The molecule has 0 rings (SSSR count). The quantitative estimate of drug-likeness (QED) is 0.514. The van der Waals surface area contributed by atoms with Gasteiger partial charge in [-0.25, -0.2) is 0 Å². The van der Waals surface area contributed by atoms with Crippen LogP contribution < -0.4 is 0 Å². The molecule has 0 radical (unpaired) electrons. The van der Waals surface area contributed by atoms with Gasteiger partial charge in [-0.15, -0.1) is 6.58 Å². The van der Waals surface area contributed by atoms with Crippen molar-refractivity contribution in [3.63, 3.8) is 0 Å². The number of rotatable bonds is 8. The summed E-state index contributed by atoms with van der Waals surface area (Å²) in [5.74, 6) is 0.340. The second-order valence-electron chi connectivity index (χ2n) is 4.15. The molecule has 15 heavy (non-hydrogen) atoms. The molecular formula is C11H21O3S-. The highest BCUT2D eigenvalue weighted by Gasteiger charge is 2.19. The molecule has 90 valence electrons. The van der Waals surface area contributed by atoms with Crippen LogP contribution in [0.4, 0.5) is 0 Å². The molecule has 0 saturated carbocycles. The molecule has 0 spiro atoms. The molecule has 4 heteroatoms. The van der Waals surface area contributed by atoms with Crippen molar-refractivity contribution in [3.8, 4) is 0 Å². The molecule has 1 unspecified atom stereocenters.